The van der Waals surface area contributed by atoms with Crippen molar-refractivity contribution in [3.63, 3.8) is 0 Å². The molecule has 3 aromatic heterocycles. The molecular weight excluding hydrogens is 428 g/mol. The van der Waals surface area contributed by atoms with Crippen molar-refractivity contribution in [3.05, 3.63) is 47.9 Å². The van der Waals surface area contributed by atoms with Crippen LogP contribution in [-0.2, 0) is 0 Å². The Balaban J connectivity index is 1.57. The van der Waals surface area contributed by atoms with Gasteiger partial charge in [-0.1, -0.05) is 0 Å². The van der Waals surface area contributed by atoms with E-state index in [1.807, 2.05) is 50.6 Å². The van der Waals surface area contributed by atoms with E-state index in [-0.39, 0.29) is 23.9 Å². The topological polar surface area (TPSA) is 116 Å². The largest absolute Gasteiger partial charge is 0.390 e. The van der Waals surface area contributed by atoms with Crippen molar-refractivity contribution in [2.75, 3.05) is 5.32 Å². The molecule has 3 N–H and O–H groups in total. The fourth-order valence-electron chi connectivity index (χ4n) is 4.66. The van der Waals surface area contributed by atoms with Crippen LogP contribution in [0.15, 0.2) is 36.8 Å². The average Bonchev–Trinajstić information content (AvgIpc) is 3.21. The molecule has 0 unspecified atom stereocenters. The highest BCUT2D eigenvalue weighted by atomic mass is 16.3. The molecule has 1 aliphatic carbocycles. The van der Waals surface area contributed by atoms with Crippen LogP contribution in [0.1, 0.15) is 69.3 Å². The van der Waals surface area contributed by atoms with Crippen molar-refractivity contribution in [2.45, 2.75) is 71.1 Å². The van der Waals surface area contributed by atoms with Gasteiger partial charge in [0.05, 0.1) is 22.4 Å². The molecule has 0 aliphatic heterocycles. The van der Waals surface area contributed by atoms with Crippen LogP contribution in [0, 0.1) is 17.2 Å². The van der Waals surface area contributed by atoms with Gasteiger partial charge in [0.15, 0.2) is 0 Å². The number of carbonyl (C=O) groups is 1. The van der Waals surface area contributed by atoms with Crippen LogP contribution < -0.4 is 10.6 Å². The zero-order chi connectivity index (χ0) is 24.5. The van der Waals surface area contributed by atoms with Crippen molar-refractivity contribution in [2.24, 2.45) is 5.92 Å². The summed E-state index contributed by atoms with van der Waals surface area (Å²) in [6.07, 6.45) is 8.50. The molecule has 3 aromatic rings. The number of amides is 1. The van der Waals surface area contributed by atoms with Crippen LogP contribution in [-0.4, -0.2) is 43.2 Å². The Bertz CT molecular complexity index is 1230. The summed E-state index contributed by atoms with van der Waals surface area (Å²) in [7, 11) is 0. The summed E-state index contributed by atoms with van der Waals surface area (Å²) < 4.78 is 1.85. The summed E-state index contributed by atoms with van der Waals surface area (Å²) in [5, 5.41) is 26.8. The van der Waals surface area contributed by atoms with E-state index >= 15 is 0 Å². The first kappa shape index (κ1) is 23.7. The van der Waals surface area contributed by atoms with Crippen molar-refractivity contribution in [3.8, 4) is 11.9 Å². The Morgan fingerprint density at radius 1 is 1.21 bits per heavy atom. The smallest absolute Gasteiger partial charge is 0.255 e. The molecule has 34 heavy (non-hydrogen) atoms. The Kier molecular flexibility index (Phi) is 6.58. The normalized spacial score (nSPS) is 18.6. The first-order valence-corrected chi connectivity index (χ1v) is 11.8. The Labute approximate surface area is 200 Å². The zero-order valence-electron chi connectivity index (χ0n) is 20.2. The van der Waals surface area contributed by atoms with Gasteiger partial charge in [-0.2, -0.15) is 5.26 Å². The fourth-order valence-corrected chi connectivity index (χ4v) is 4.66. The highest BCUT2D eigenvalue weighted by molar-refractivity contribution is 5.99. The van der Waals surface area contributed by atoms with E-state index in [0.717, 1.165) is 31.1 Å². The minimum absolute atomic E-state index is 0.0876. The molecule has 0 saturated heterocycles. The Morgan fingerprint density at radius 3 is 2.59 bits per heavy atom. The van der Waals surface area contributed by atoms with Crippen molar-refractivity contribution < 1.29 is 9.90 Å². The summed E-state index contributed by atoms with van der Waals surface area (Å²) in [6, 6.07) is 7.87. The number of nitrogens with one attached hydrogen (secondary N) is 2. The minimum Gasteiger partial charge on any atom is -0.390 e. The SMILES string of the molecule is CC(C)Nc1cc(-n2ccc3cc(C#N)cnc32)ncc1C(=O)NC1CCC(C(C)(C)O)CC1. The third kappa shape index (κ3) is 5.05. The Hall–Kier alpha value is -3.44. The maximum Gasteiger partial charge on any atom is 0.255 e. The van der Waals surface area contributed by atoms with E-state index in [1.54, 1.807) is 18.5 Å². The number of aliphatic hydroxyl groups is 1. The van der Waals surface area contributed by atoms with Gasteiger partial charge >= 0.3 is 0 Å². The standard InChI is InChI=1S/C26H32N6O2/c1-16(2)30-22-12-23(32-10-9-18-11-17(13-27)14-29-24(18)32)28-15-21(22)25(33)31-20-7-5-19(6-8-20)26(3,4)34/h9-12,14-16,19-20,34H,5-8H2,1-4H3,(H,28,30)(H,31,33). The lowest BCUT2D eigenvalue weighted by Crippen LogP contribution is -2.42. The van der Waals surface area contributed by atoms with E-state index in [2.05, 4.69) is 26.7 Å². The van der Waals surface area contributed by atoms with Gasteiger partial charge in [-0.15, -0.1) is 0 Å². The number of nitriles is 1. The highest BCUT2D eigenvalue weighted by Crippen LogP contribution is 2.33. The molecule has 1 fully saturated rings. The predicted molar refractivity (Wildman–Crippen MR) is 132 cm³/mol. The second-order valence-corrected chi connectivity index (χ2v) is 10.00. The number of rotatable bonds is 6. The molecular formula is C26H32N6O2. The van der Waals surface area contributed by atoms with E-state index in [1.165, 1.54) is 0 Å². The summed E-state index contributed by atoms with van der Waals surface area (Å²) in [5.74, 6) is 0.745. The number of anilines is 1. The van der Waals surface area contributed by atoms with Gasteiger partial charge in [-0.25, -0.2) is 9.97 Å². The molecule has 1 amide bonds. The van der Waals surface area contributed by atoms with Gasteiger partial charge in [0.1, 0.15) is 17.5 Å². The van der Waals surface area contributed by atoms with Crippen molar-refractivity contribution in [1.29, 1.82) is 5.26 Å². The molecule has 0 radical (unpaired) electrons. The Morgan fingerprint density at radius 2 is 1.94 bits per heavy atom. The first-order chi connectivity index (χ1) is 16.2. The number of hydrogen-bond donors (Lipinski definition) is 3. The molecule has 0 atom stereocenters. The van der Waals surface area contributed by atoms with Crippen LogP contribution >= 0.6 is 0 Å². The fraction of sp³-hybridized carbons (Fsp3) is 0.462. The van der Waals surface area contributed by atoms with Crippen LogP contribution in [0.25, 0.3) is 16.9 Å². The van der Waals surface area contributed by atoms with Crippen molar-refractivity contribution in [1.82, 2.24) is 19.9 Å². The van der Waals surface area contributed by atoms with Crippen LogP contribution in [0.3, 0.4) is 0 Å². The molecule has 1 saturated carbocycles. The quantitative estimate of drug-likeness (QED) is 0.508. The number of hydrogen-bond acceptors (Lipinski definition) is 6. The van der Waals surface area contributed by atoms with E-state index < -0.39 is 5.60 Å². The minimum atomic E-state index is -0.684. The second kappa shape index (κ2) is 9.43. The monoisotopic (exact) mass is 460 g/mol. The van der Waals surface area contributed by atoms with Gasteiger partial charge in [-0.05, 0) is 71.4 Å². The van der Waals surface area contributed by atoms with Gasteiger partial charge in [0.2, 0.25) is 0 Å². The van der Waals surface area contributed by atoms with E-state index in [4.69, 9.17) is 5.26 Å². The summed E-state index contributed by atoms with van der Waals surface area (Å²) in [5.41, 5.74) is 1.72. The number of carbonyl (C=O) groups excluding carboxylic acids is 1. The van der Waals surface area contributed by atoms with Crippen LogP contribution in [0.2, 0.25) is 0 Å². The molecule has 3 heterocycles. The summed E-state index contributed by atoms with van der Waals surface area (Å²) in [6.45, 7) is 7.77. The van der Waals surface area contributed by atoms with Crippen molar-refractivity contribution >= 4 is 22.6 Å². The second-order valence-electron chi connectivity index (χ2n) is 10.00. The van der Waals surface area contributed by atoms with Gasteiger partial charge in [0, 0.05) is 42.1 Å². The predicted octanol–water partition coefficient (Wildman–Crippen LogP) is 4.17. The molecule has 1 aliphatic rings. The molecule has 0 spiro atoms. The van der Waals surface area contributed by atoms with Gasteiger partial charge in [-0.3, -0.25) is 9.36 Å². The molecule has 178 valence electrons. The lowest BCUT2D eigenvalue weighted by Gasteiger charge is -2.36. The summed E-state index contributed by atoms with van der Waals surface area (Å²) >= 11 is 0. The molecule has 0 bridgehead atoms. The van der Waals surface area contributed by atoms with Crippen LogP contribution in [0.5, 0.6) is 0 Å². The molecule has 4 rings (SSSR count). The van der Waals surface area contributed by atoms with Gasteiger partial charge < -0.3 is 15.7 Å². The zero-order valence-corrected chi connectivity index (χ0v) is 20.2. The maximum atomic E-state index is 13.2. The first-order valence-electron chi connectivity index (χ1n) is 11.8. The number of pyridine rings is 2. The van der Waals surface area contributed by atoms with E-state index in [0.29, 0.717) is 28.3 Å². The number of nitrogens with zero attached hydrogens (tertiary/aromatic N) is 4. The maximum absolute atomic E-state index is 13.2. The third-order valence-electron chi connectivity index (χ3n) is 6.54. The molecule has 8 heteroatoms. The lowest BCUT2D eigenvalue weighted by atomic mass is 9.77. The van der Waals surface area contributed by atoms with E-state index in [9.17, 15) is 9.90 Å². The third-order valence-corrected chi connectivity index (χ3v) is 6.54. The lowest BCUT2D eigenvalue weighted by molar-refractivity contribution is -0.00257. The highest BCUT2D eigenvalue weighted by Gasteiger charge is 2.32. The number of fused-ring (bicyclic) bond motifs is 1. The van der Waals surface area contributed by atoms with Gasteiger partial charge in [0.25, 0.3) is 5.91 Å². The van der Waals surface area contributed by atoms with Crippen LogP contribution in [0.4, 0.5) is 5.69 Å². The molecule has 8 nitrogen and oxygen atoms in total. The summed E-state index contributed by atoms with van der Waals surface area (Å²) in [4.78, 5) is 22.2. The average molecular weight is 461 g/mol. The number of aromatic nitrogens is 3. The molecule has 0 aromatic carbocycles.